The van der Waals surface area contributed by atoms with Crippen molar-refractivity contribution in [3.05, 3.63) is 46.4 Å². The highest BCUT2D eigenvalue weighted by Crippen LogP contribution is 2.37. The van der Waals surface area contributed by atoms with Crippen molar-refractivity contribution < 1.29 is 14.2 Å². The molecule has 144 valence electrons. The maximum absolute atomic E-state index is 5.83. The molecule has 2 aromatic rings. The van der Waals surface area contributed by atoms with Crippen LogP contribution in [-0.2, 0) is 4.74 Å². The van der Waals surface area contributed by atoms with Gasteiger partial charge < -0.3 is 19.1 Å². The fourth-order valence-electron chi connectivity index (χ4n) is 2.88. The minimum Gasteiger partial charge on any atom is -0.493 e. The Kier molecular flexibility index (Phi) is 6.74. The van der Waals surface area contributed by atoms with E-state index in [2.05, 4.69) is 38.0 Å². The standard InChI is InChI=1S/C21H25BrN2O3/c1-15(2)27-21-19(22)12-16(13-20(21)25-3)14-23-17-4-6-18(7-5-17)24-8-10-26-11-9-24/h4-7,12-15H,8-11H2,1-3H3. The van der Waals surface area contributed by atoms with Crippen molar-refractivity contribution in [1.29, 1.82) is 0 Å². The number of hydrogen-bond acceptors (Lipinski definition) is 5. The highest BCUT2D eigenvalue weighted by Gasteiger charge is 2.13. The molecule has 6 heteroatoms. The zero-order chi connectivity index (χ0) is 19.2. The van der Waals surface area contributed by atoms with Crippen LogP contribution in [0.15, 0.2) is 45.9 Å². The summed E-state index contributed by atoms with van der Waals surface area (Å²) >= 11 is 3.56. The van der Waals surface area contributed by atoms with Crippen molar-refractivity contribution in [1.82, 2.24) is 0 Å². The fraction of sp³-hybridized carbons (Fsp3) is 0.381. The van der Waals surface area contributed by atoms with Gasteiger partial charge in [-0.15, -0.1) is 0 Å². The largest absolute Gasteiger partial charge is 0.493 e. The molecule has 0 bridgehead atoms. The second-order valence-electron chi connectivity index (χ2n) is 6.57. The molecule has 5 nitrogen and oxygen atoms in total. The molecule has 1 aliphatic rings. The Morgan fingerprint density at radius 3 is 2.48 bits per heavy atom. The number of halogens is 1. The molecule has 0 unspecified atom stereocenters. The molecule has 0 saturated carbocycles. The summed E-state index contributed by atoms with van der Waals surface area (Å²) in [6.45, 7) is 7.41. The van der Waals surface area contributed by atoms with Crippen LogP contribution in [0.1, 0.15) is 19.4 Å². The van der Waals surface area contributed by atoms with Crippen LogP contribution >= 0.6 is 15.9 Å². The van der Waals surface area contributed by atoms with Gasteiger partial charge in [0.15, 0.2) is 11.5 Å². The molecule has 27 heavy (non-hydrogen) atoms. The Morgan fingerprint density at radius 2 is 1.85 bits per heavy atom. The summed E-state index contributed by atoms with van der Waals surface area (Å²) in [5, 5.41) is 0. The lowest BCUT2D eigenvalue weighted by molar-refractivity contribution is 0.122. The topological polar surface area (TPSA) is 43.3 Å². The minimum atomic E-state index is 0.0692. The predicted molar refractivity (Wildman–Crippen MR) is 113 cm³/mol. The van der Waals surface area contributed by atoms with Gasteiger partial charge in [-0.05, 0) is 71.7 Å². The molecule has 0 atom stereocenters. The molecule has 0 N–H and O–H groups in total. The highest BCUT2D eigenvalue weighted by atomic mass is 79.9. The van der Waals surface area contributed by atoms with Crippen molar-refractivity contribution in [2.45, 2.75) is 20.0 Å². The van der Waals surface area contributed by atoms with Gasteiger partial charge in [-0.3, -0.25) is 4.99 Å². The van der Waals surface area contributed by atoms with Crippen molar-refractivity contribution in [3.63, 3.8) is 0 Å². The third-order valence-corrected chi connectivity index (χ3v) is 4.78. The van der Waals surface area contributed by atoms with Crippen molar-refractivity contribution >= 4 is 33.5 Å². The maximum atomic E-state index is 5.83. The van der Waals surface area contributed by atoms with E-state index in [0.717, 1.165) is 42.0 Å². The highest BCUT2D eigenvalue weighted by molar-refractivity contribution is 9.10. The van der Waals surface area contributed by atoms with Crippen LogP contribution in [0.3, 0.4) is 0 Å². The van der Waals surface area contributed by atoms with Gasteiger partial charge in [-0.2, -0.15) is 0 Å². The molecule has 0 radical (unpaired) electrons. The van der Waals surface area contributed by atoms with Gasteiger partial charge >= 0.3 is 0 Å². The second-order valence-corrected chi connectivity index (χ2v) is 7.43. The van der Waals surface area contributed by atoms with Crippen LogP contribution in [0.2, 0.25) is 0 Å². The number of benzene rings is 2. The van der Waals surface area contributed by atoms with E-state index in [9.17, 15) is 0 Å². The number of ether oxygens (including phenoxy) is 3. The number of hydrogen-bond donors (Lipinski definition) is 0. The molecule has 0 aromatic heterocycles. The molecule has 1 saturated heterocycles. The Balaban J connectivity index is 1.74. The molecule has 2 aromatic carbocycles. The van der Waals surface area contributed by atoms with Gasteiger partial charge in [0, 0.05) is 25.0 Å². The molecule has 1 heterocycles. The second kappa shape index (κ2) is 9.24. The first-order valence-corrected chi connectivity index (χ1v) is 9.87. The average Bonchev–Trinajstić information content (AvgIpc) is 2.69. The summed E-state index contributed by atoms with van der Waals surface area (Å²) in [5.74, 6) is 1.39. The summed E-state index contributed by atoms with van der Waals surface area (Å²) in [7, 11) is 1.64. The lowest BCUT2D eigenvalue weighted by atomic mass is 10.2. The summed E-state index contributed by atoms with van der Waals surface area (Å²) < 4.78 is 17.5. The normalized spacial score (nSPS) is 14.8. The van der Waals surface area contributed by atoms with E-state index in [0.29, 0.717) is 11.5 Å². The van der Waals surface area contributed by atoms with E-state index in [4.69, 9.17) is 14.2 Å². The first-order chi connectivity index (χ1) is 13.1. The van der Waals surface area contributed by atoms with Gasteiger partial charge in [0.1, 0.15) is 0 Å². The van der Waals surface area contributed by atoms with Crippen LogP contribution in [-0.4, -0.2) is 45.7 Å². The van der Waals surface area contributed by atoms with E-state index in [1.54, 1.807) is 7.11 Å². The first kappa shape index (κ1) is 19.7. The quantitative estimate of drug-likeness (QED) is 0.612. The molecular formula is C21H25BrN2O3. The summed E-state index contributed by atoms with van der Waals surface area (Å²) in [6, 6.07) is 12.2. The van der Waals surface area contributed by atoms with Crippen LogP contribution in [0.5, 0.6) is 11.5 Å². The Hall–Kier alpha value is -2.05. The monoisotopic (exact) mass is 432 g/mol. The Labute approximate surface area is 169 Å². The fourth-order valence-corrected chi connectivity index (χ4v) is 3.44. The van der Waals surface area contributed by atoms with Gasteiger partial charge in [0.2, 0.25) is 0 Å². The summed E-state index contributed by atoms with van der Waals surface area (Å²) in [4.78, 5) is 6.91. The predicted octanol–water partition coefficient (Wildman–Crippen LogP) is 4.83. The lowest BCUT2D eigenvalue weighted by Crippen LogP contribution is -2.36. The van der Waals surface area contributed by atoms with Crippen LogP contribution in [0.4, 0.5) is 11.4 Å². The lowest BCUT2D eigenvalue weighted by Gasteiger charge is -2.28. The van der Waals surface area contributed by atoms with E-state index in [-0.39, 0.29) is 6.10 Å². The number of rotatable bonds is 6. The number of morpholine rings is 1. The van der Waals surface area contributed by atoms with Gasteiger partial charge in [0.25, 0.3) is 0 Å². The third-order valence-electron chi connectivity index (χ3n) is 4.19. The van der Waals surface area contributed by atoms with Crippen LogP contribution in [0.25, 0.3) is 0 Å². The van der Waals surface area contributed by atoms with Crippen molar-refractivity contribution in [2.24, 2.45) is 4.99 Å². The average molecular weight is 433 g/mol. The summed E-state index contributed by atoms with van der Waals surface area (Å²) in [5.41, 5.74) is 3.05. The van der Waals surface area contributed by atoms with E-state index in [1.807, 2.05) is 44.3 Å². The zero-order valence-electron chi connectivity index (χ0n) is 15.9. The number of anilines is 1. The summed E-state index contributed by atoms with van der Waals surface area (Å²) in [6.07, 6.45) is 1.90. The third kappa shape index (κ3) is 5.23. The maximum Gasteiger partial charge on any atom is 0.175 e. The van der Waals surface area contributed by atoms with Gasteiger partial charge in [-0.25, -0.2) is 0 Å². The van der Waals surface area contributed by atoms with Crippen molar-refractivity contribution in [3.8, 4) is 11.5 Å². The van der Waals surface area contributed by atoms with E-state index >= 15 is 0 Å². The minimum absolute atomic E-state index is 0.0692. The Morgan fingerprint density at radius 1 is 1.15 bits per heavy atom. The Bertz CT molecular complexity index is 785. The van der Waals surface area contributed by atoms with Crippen molar-refractivity contribution in [2.75, 3.05) is 38.3 Å². The smallest absolute Gasteiger partial charge is 0.175 e. The number of nitrogens with zero attached hydrogens (tertiary/aromatic N) is 2. The molecule has 1 aliphatic heterocycles. The zero-order valence-corrected chi connectivity index (χ0v) is 17.5. The molecular weight excluding hydrogens is 408 g/mol. The molecule has 3 rings (SSSR count). The molecule has 1 fully saturated rings. The van der Waals surface area contributed by atoms with Crippen LogP contribution < -0.4 is 14.4 Å². The van der Waals surface area contributed by atoms with Gasteiger partial charge in [0.05, 0.1) is 36.6 Å². The SMILES string of the molecule is COc1cc(C=Nc2ccc(N3CCOCC3)cc2)cc(Br)c1OC(C)C. The molecule has 0 aliphatic carbocycles. The van der Waals surface area contributed by atoms with E-state index in [1.165, 1.54) is 5.69 Å². The first-order valence-electron chi connectivity index (χ1n) is 9.08. The number of aliphatic imine (C=N–C) groups is 1. The van der Waals surface area contributed by atoms with E-state index < -0.39 is 0 Å². The van der Waals surface area contributed by atoms with Crippen LogP contribution in [0, 0.1) is 0 Å². The number of methoxy groups -OCH3 is 1. The molecule has 0 amide bonds. The molecule has 0 spiro atoms. The van der Waals surface area contributed by atoms with Gasteiger partial charge in [-0.1, -0.05) is 0 Å².